The average molecular weight is 468 g/mol. The van der Waals surface area contributed by atoms with Gasteiger partial charge in [0.15, 0.2) is 5.58 Å². The monoisotopic (exact) mass is 467 g/mol. The Hall–Kier alpha value is -4.24. The van der Waals surface area contributed by atoms with Gasteiger partial charge in [-0.3, -0.25) is 0 Å². The fourth-order valence-corrected chi connectivity index (χ4v) is 4.42. The Balaban J connectivity index is 1.41. The molecule has 6 rings (SSSR count). The van der Waals surface area contributed by atoms with Crippen LogP contribution in [0.25, 0.3) is 33.3 Å². The molecule has 4 aromatic heterocycles. The SMILES string of the molecule is CNc1ncc(-c2nc3cc(N4CCOC(C)C4)ccc3o2)c2cc(Nc3ccccn3)ncc12. The van der Waals surface area contributed by atoms with Gasteiger partial charge in [-0.2, -0.15) is 0 Å². The zero-order valence-electron chi connectivity index (χ0n) is 19.5. The number of pyridine rings is 3. The van der Waals surface area contributed by atoms with Gasteiger partial charge in [0.2, 0.25) is 5.89 Å². The first-order valence-corrected chi connectivity index (χ1v) is 11.6. The van der Waals surface area contributed by atoms with Crippen LogP contribution in [0.3, 0.4) is 0 Å². The lowest BCUT2D eigenvalue weighted by atomic mass is 10.1. The first-order chi connectivity index (χ1) is 17.2. The topological polar surface area (TPSA) is 101 Å². The number of hydrogen-bond donors (Lipinski definition) is 2. The fraction of sp³-hybridized carbons (Fsp3) is 0.231. The molecule has 9 nitrogen and oxygen atoms in total. The summed E-state index contributed by atoms with van der Waals surface area (Å²) < 4.78 is 11.9. The normalized spacial score (nSPS) is 16.1. The van der Waals surface area contributed by atoms with Crippen molar-refractivity contribution in [2.45, 2.75) is 13.0 Å². The molecule has 1 fully saturated rings. The van der Waals surface area contributed by atoms with E-state index in [9.17, 15) is 0 Å². The smallest absolute Gasteiger partial charge is 0.229 e. The van der Waals surface area contributed by atoms with Crippen molar-refractivity contribution in [2.75, 3.05) is 42.3 Å². The third-order valence-electron chi connectivity index (χ3n) is 6.14. The Morgan fingerprint density at radius 3 is 2.77 bits per heavy atom. The summed E-state index contributed by atoms with van der Waals surface area (Å²) in [5.74, 6) is 2.64. The molecule has 0 amide bonds. The number of hydrogen-bond acceptors (Lipinski definition) is 9. The van der Waals surface area contributed by atoms with Gasteiger partial charge in [-0.15, -0.1) is 0 Å². The van der Waals surface area contributed by atoms with Crippen molar-refractivity contribution in [2.24, 2.45) is 0 Å². The number of fused-ring (bicyclic) bond motifs is 2. The van der Waals surface area contributed by atoms with E-state index in [4.69, 9.17) is 14.1 Å². The molecule has 1 aliphatic rings. The Kier molecular flexibility index (Phi) is 5.38. The predicted molar refractivity (Wildman–Crippen MR) is 137 cm³/mol. The van der Waals surface area contributed by atoms with E-state index >= 15 is 0 Å². The molecular weight excluding hydrogens is 442 g/mol. The van der Waals surface area contributed by atoms with E-state index in [0.717, 1.165) is 64.5 Å². The number of nitrogens with one attached hydrogen (secondary N) is 2. The maximum absolute atomic E-state index is 6.19. The summed E-state index contributed by atoms with van der Waals surface area (Å²) in [6.07, 6.45) is 5.53. The fourth-order valence-electron chi connectivity index (χ4n) is 4.42. The number of benzene rings is 1. The van der Waals surface area contributed by atoms with Gasteiger partial charge in [0.25, 0.3) is 0 Å². The molecule has 1 unspecified atom stereocenters. The molecule has 176 valence electrons. The molecule has 2 N–H and O–H groups in total. The molecule has 5 aromatic rings. The molecule has 9 heteroatoms. The van der Waals surface area contributed by atoms with E-state index < -0.39 is 0 Å². The van der Waals surface area contributed by atoms with Gasteiger partial charge in [-0.1, -0.05) is 6.07 Å². The summed E-state index contributed by atoms with van der Waals surface area (Å²) in [6, 6.07) is 13.8. The predicted octanol–water partition coefficient (Wildman–Crippen LogP) is 4.84. The zero-order chi connectivity index (χ0) is 23.8. The standard InChI is InChI=1S/C26H25N7O2/c1-16-15-33(9-10-34-16)17-6-7-22-21(11-17)31-26(35-22)20-14-30-25(27-2)19-13-29-24(12-18(19)20)32-23-5-3-4-8-28-23/h3-8,11-14,16H,9-10,15H2,1-2H3,(H,27,30)(H,28,29,32). The molecule has 0 bridgehead atoms. The second-order valence-corrected chi connectivity index (χ2v) is 8.52. The highest BCUT2D eigenvalue weighted by molar-refractivity contribution is 6.01. The number of rotatable bonds is 5. The van der Waals surface area contributed by atoms with E-state index in [0.29, 0.717) is 11.7 Å². The summed E-state index contributed by atoms with van der Waals surface area (Å²) >= 11 is 0. The van der Waals surface area contributed by atoms with Crippen LogP contribution < -0.4 is 15.5 Å². The maximum Gasteiger partial charge on any atom is 0.229 e. The number of anilines is 4. The lowest BCUT2D eigenvalue weighted by Gasteiger charge is -2.32. The minimum Gasteiger partial charge on any atom is -0.436 e. The minimum atomic E-state index is 0.206. The van der Waals surface area contributed by atoms with Crippen LogP contribution in [0.4, 0.5) is 23.1 Å². The largest absolute Gasteiger partial charge is 0.436 e. The van der Waals surface area contributed by atoms with E-state index in [1.165, 1.54) is 0 Å². The van der Waals surface area contributed by atoms with E-state index in [1.807, 2.05) is 37.4 Å². The summed E-state index contributed by atoms with van der Waals surface area (Å²) in [5.41, 5.74) is 3.45. The van der Waals surface area contributed by atoms with Gasteiger partial charge >= 0.3 is 0 Å². The highest BCUT2D eigenvalue weighted by Gasteiger charge is 2.19. The third kappa shape index (κ3) is 4.10. The first-order valence-electron chi connectivity index (χ1n) is 11.6. The second kappa shape index (κ2) is 8.84. The molecule has 1 saturated heterocycles. The molecule has 35 heavy (non-hydrogen) atoms. The Morgan fingerprint density at radius 2 is 1.94 bits per heavy atom. The number of ether oxygens (including phenoxy) is 1. The first kappa shape index (κ1) is 21.3. The third-order valence-corrected chi connectivity index (χ3v) is 6.14. The summed E-state index contributed by atoms with van der Waals surface area (Å²) in [4.78, 5) is 20.6. The van der Waals surface area contributed by atoms with Crippen LogP contribution in [0.2, 0.25) is 0 Å². The molecular formula is C26H25N7O2. The summed E-state index contributed by atoms with van der Waals surface area (Å²) in [5, 5.41) is 8.20. The van der Waals surface area contributed by atoms with E-state index in [2.05, 4.69) is 49.5 Å². The van der Waals surface area contributed by atoms with Crippen molar-refractivity contribution in [1.29, 1.82) is 0 Å². The molecule has 0 saturated carbocycles. The van der Waals surface area contributed by atoms with Crippen LogP contribution in [0, 0.1) is 0 Å². The second-order valence-electron chi connectivity index (χ2n) is 8.52. The van der Waals surface area contributed by atoms with Crippen molar-refractivity contribution < 1.29 is 9.15 Å². The molecule has 1 aliphatic heterocycles. The van der Waals surface area contributed by atoms with Gasteiger partial charge in [0.05, 0.1) is 18.3 Å². The van der Waals surface area contributed by atoms with Crippen molar-refractivity contribution in [1.82, 2.24) is 19.9 Å². The summed E-state index contributed by atoms with van der Waals surface area (Å²) in [6.45, 7) is 4.54. The highest BCUT2D eigenvalue weighted by atomic mass is 16.5. The number of aromatic nitrogens is 4. The average Bonchev–Trinajstić information content (AvgIpc) is 3.32. The highest BCUT2D eigenvalue weighted by Crippen LogP contribution is 2.35. The van der Waals surface area contributed by atoms with Crippen molar-refractivity contribution >= 4 is 45.0 Å². The van der Waals surface area contributed by atoms with Crippen LogP contribution in [-0.4, -0.2) is 52.8 Å². The van der Waals surface area contributed by atoms with Gasteiger partial charge in [-0.25, -0.2) is 19.9 Å². The van der Waals surface area contributed by atoms with Gasteiger partial charge in [0.1, 0.15) is 23.0 Å². The quantitative estimate of drug-likeness (QED) is 0.376. The van der Waals surface area contributed by atoms with Crippen molar-refractivity contribution in [3.63, 3.8) is 0 Å². The molecule has 5 heterocycles. The molecule has 1 atom stereocenters. The van der Waals surface area contributed by atoms with Gasteiger partial charge < -0.3 is 24.7 Å². The van der Waals surface area contributed by atoms with Crippen LogP contribution in [0.5, 0.6) is 0 Å². The number of nitrogens with zero attached hydrogens (tertiary/aromatic N) is 5. The molecule has 1 aromatic carbocycles. The van der Waals surface area contributed by atoms with Crippen molar-refractivity contribution in [3.05, 3.63) is 61.1 Å². The van der Waals surface area contributed by atoms with Gasteiger partial charge in [-0.05, 0) is 43.3 Å². The minimum absolute atomic E-state index is 0.206. The molecule has 0 aliphatic carbocycles. The lowest BCUT2D eigenvalue weighted by molar-refractivity contribution is 0.0532. The summed E-state index contributed by atoms with van der Waals surface area (Å²) in [7, 11) is 1.84. The Bertz CT molecular complexity index is 1500. The molecule has 0 spiro atoms. The molecule has 0 radical (unpaired) electrons. The number of oxazole rings is 1. The number of morpholine rings is 1. The van der Waals surface area contributed by atoms with E-state index in [-0.39, 0.29) is 6.10 Å². The lowest BCUT2D eigenvalue weighted by Crippen LogP contribution is -2.41. The van der Waals surface area contributed by atoms with E-state index in [1.54, 1.807) is 18.6 Å². The van der Waals surface area contributed by atoms with Crippen LogP contribution >= 0.6 is 0 Å². The maximum atomic E-state index is 6.19. The van der Waals surface area contributed by atoms with Crippen molar-refractivity contribution in [3.8, 4) is 11.5 Å². The Morgan fingerprint density at radius 1 is 1.00 bits per heavy atom. The zero-order valence-corrected chi connectivity index (χ0v) is 19.5. The van der Waals surface area contributed by atoms with Crippen LogP contribution in [0.1, 0.15) is 6.92 Å². The van der Waals surface area contributed by atoms with Crippen LogP contribution in [0.15, 0.2) is 65.5 Å². The van der Waals surface area contributed by atoms with Crippen LogP contribution in [-0.2, 0) is 4.74 Å². The van der Waals surface area contributed by atoms with Gasteiger partial charge in [0, 0.05) is 55.2 Å². The Labute approximate surface area is 202 Å².